The molecule has 0 amide bonds. The van der Waals surface area contributed by atoms with Crippen molar-refractivity contribution in [2.75, 3.05) is 26.3 Å². The molecule has 1 aromatic heterocycles. The van der Waals surface area contributed by atoms with Crippen LogP contribution in [0.3, 0.4) is 0 Å². The summed E-state index contributed by atoms with van der Waals surface area (Å²) < 4.78 is 7.69. The topological polar surface area (TPSA) is 57.9 Å². The number of nitrogens with zero attached hydrogens (tertiary/aromatic N) is 5. The van der Waals surface area contributed by atoms with Gasteiger partial charge in [0.15, 0.2) is 5.84 Å². The molecule has 0 radical (unpaired) electrons. The summed E-state index contributed by atoms with van der Waals surface area (Å²) in [5.74, 6) is 2.93. The zero-order valence-electron chi connectivity index (χ0n) is 19.7. The second kappa shape index (κ2) is 9.93. The van der Waals surface area contributed by atoms with Gasteiger partial charge in [0.1, 0.15) is 11.6 Å². The van der Waals surface area contributed by atoms with E-state index in [0.717, 1.165) is 63.0 Å². The molecule has 7 heteroatoms. The number of morpholine rings is 1. The molecule has 1 fully saturated rings. The first-order valence-electron chi connectivity index (χ1n) is 12.2. The quantitative estimate of drug-likeness (QED) is 0.699. The predicted octanol–water partition coefficient (Wildman–Crippen LogP) is 3.69. The lowest BCUT2D eigenvalue weighted by Gasteiger charge is -2.38. The van der Waals surface area contributed by atoms with Crippen LogP contribution in [0.25, 0.3) is 0 Å². The van der Waals surface area contributed by atoms with Gasteiger partial charge in [-0.3, -0.25) is 0 Å². The summed E-state index contributed by atoms with van der Waals surface area (Å²) in [7, 11) is 0. The Hall–Kier alpha value is -2.90. The molecule has 1 unspecified atom stereocenters. The Kier molecular flexibility index (Phi) is 6.60. The normalized spacial score (nSPS) is 23.6. The second-order valence-electron chi connectivity index (χ2n) is 8.78. The summed E-state index contributed by atoms with van der Waals surface area (Å²) in [5.41, 5.74) is 7.57. The van der Waals surface area contributed by atoms with Gasteiger partial charge in [0.25, 0.3) is 0 Å². The molecule has 1 N–H and O–H groups in total. The number of aryl methyl sites for hydroxylation is 1. The molecule has 174 valence electrons. The fourth-order valence-electron chi connectivity index (χ4n) is 4.83. The maximum Gasteiger partial charge on any atom is 0.159 e. The molecule has 3 aliphatic heterocycles. The van der Waals surface area contributed by atoms with Gasteiger partial charge in [-0.25, -0.2) is 20.1 Å². The van der Waals surface area contributed by atoms with E-state index < -0.39 is 0 Å². The van der Waals surface area contributed by atoms with Crippen LogP contribution < -0.4 is 5.43 Å². The third-order valence-electron chi connectivity index (χ3n) is 6.53. The number of hydrogen-bond acceptors (Lipinski definition) is 6. The van der Waals surface area contributed by atoms with Gasteiger partial charge in [-0.15, -0.1) is 0 Å². The summed E-state index contributed by atoms with van der Waals surface area (Å²) in [6, 6.07) is 0.0526. The van der Waals surface area contributed by atoms with Crippen LogP contribution in [0.1, 0.15) is 44.4 Å². The van der Waals surface area contributed by atoms with Crippen molar-refractivity contribution in [3.05, 3.63) is 77.2 Å². The van der Waals surface area contributed by atoms with E-state index in [1.807, 2.05) is 6.20 Å². The van der Waals surface area contributed by atoms with E-state index in [-0.39, 0.29) is 6.04 Å². The summed E-state index contributed by atoms with van der Waals surface area (Å²) >= 11 is 0. The van der Waals surface area contributed by atoms with Crippen LogP contribution in [0.5, 0.6) is 0 Å². The molecule has 1 aliphatic carbocycles. The molecule has 0 bridgehead atoms. The maximum atomic E-state index is 5.63. The van der Waals surface area contributed by atoms with E-state index >= 15 is 0 Å². The highest BCUT2D eigenvalue weighted by atomic mass is 16.5. The van der Waals surface area contributed by atoms with E-state index in [9.17, 15) is 0 Å². The van der Waals surface area contributed by atoms with Gasteiger partial charge in [0.2, 0.25) is 0 Å². The number of hydrogen-bond donors (Lipinski definition) is 1. The van der Waals surface area contributed by atoms with Crippen LogP contribution in [0.2, 0.25) is 0 Å². The predicted molar refractivity (Wildman–Crippen MR) is 131 cm³/mol. The number of rotatable bonds is 5. The van der Waals surface area contributed by atoms with Crippen molar-refractivity contribution in [3.63, 3.8) is 0 Å². The van der Waals surface area contributed by atoms with Crippen LogP contribution in [0.15, 0.2) is 70.9 Å². The van der Waals surface area contributed by atoms with Crippen molar-refractivity contribution in [2.45, 2.75) is 52.0 Å². The van der Waals surface area contributed by atoms with Gasteiger partial charge in [-0.05, 0) is 56.2 Å². The smallest absolute Gasteiger partial charge is 0.159 e. The fourth-order valence-corrected chi connectivity index (χ4v) is 4.83. The Morgan fingerprint density at radius 1 is 1.24 bits per heavy atom. The van der Waals surface area contributed by atoms with Crippen molar-refractivity contribution < 1.29 is 4.74 Å². The largest absolute Gasteiger partial charge is 0.378 e. The number of aromatic nitrogens is 2. The average Bonchev–Trinajstić information content (AvgIpc) is 3.48. The fraction of sp³-hybridized carbons (Fsp3) is 0.462. The lowest BCUT2D eigenvalue weighted by Crippen LogP contribution is -2.48. The highest BCUT2D eigenvalue weighted by Crippen LogP contribution is 2.30. The molecule has 7 nitrogen and oxygen atoms in total. The average molecular weight is 447 g/mol. The molecule has 1 saturated heterocycles. The highest BCUT2D eigenvalue weighted by Gasteiger charge is 2.34. The summed E-state index contributed by atoms with van der Waals surface area (Å²) in [6.45, 7) is 7.42. The SMILES string of the molecule is C\C=C/C(=C\C=C\CC)C1C=C2N=C(n3ncc4c3CCCC4)C=C(N3CCOCC3)N2N1. The van der Waals surface area contributed by atoms with Crippen molar-refractivity contribution >= 4 is 5.84 Å². The van der Waals surface area contributed by atoms with Crippen molar-refractivity contribution in [3.8, 4) is 0 Å². The van der Waals surface area contributed by atoms with Crippen LogP contribution in [0, 0.1) is 0 Å². The third kappa shape index (κ3) is 4.48. The third-order valence-corrected chi connectivity index (χ3v) is 6.53. The summed E-state index contributed by atoms with van der Waals surface area (Å²) in [4.78, 5) is 7.45. The Bertz CT molecular complexity index is 1050. The molecular weight excluding hydrogens is 412 g/mol. The molecule has 33 heavy (non-hydrogen) atoms. The molecule has 4 aliphatic rings. The zero-order chi connectivity index (χ0) is 22.6. The molecule has 0 saturated carbocycles. The highest BCUT2D eigenvalue weighted by molar-refractivity contribution is 5.96. The Labute approximate surface area is 196 Å². The summed E-state index contributed by atoms with van der Waals surface area (Å²) in [5, 5.41) is 6.88. The minimum atomic E-state index is 0.0526. The van der Waals surface area contributed by atoms with Crippen LogP contribution >= 0.6 is 0 Å². The molecule has 0 aromatic carbocycles. The zero-order valence-corrected chi connectivity index (χ0v) is 19.7. The first-order valence-corrected chi connectivity index (χ1v) is 12.2. The molecule has 1 atom stereocenters. The van der Waals surface area contributed by atoms with Gasteiger partial charge in [0, 0.05) is 24.9 Å². The Morgan fingerprint density at radius 3 is 2.91 bits per heavy atom. The van der Waals surface area contributed by atoms with Gasteiger partial charge in [0.05, 0.1) is 25.5 Å². The molecular formula is C26H34N6O. The van der Waals surface area contributed by atoms with Crippen molar-refractivity contribution in [2.24, 2.45) is 4.99 Å². The van der Waals surface area contributed by atoms with E-state index in [2.05, 4.69) is 76.4 Å². The van der Waals surface area contributed by atoms with E-state index in [0.29, 0.717) is 0 Å². The minimum absolute atomic E-state index is 0.0526. The van der Waals surface area contributed by atoms with Crippen molar-refractivity contribution in [1.82, 2.24) is 25.1 Å². The van der Waals surface area contributed by atoms with Gasteiger partial charge < -0.3 is 9.64 Å². The first kappa shape index (κ1) is 21.9. The van der Waals surface area contributed by atoms with Gasteiger partial charge in [-0.1, -0.05) is 37.3 Å². The minimum Gasteiger partial charge on any atom is -0.378 e. The van der Waals surface area contributed by atoms with Gasteiger partial charge >= 0.3 is 0 Å². The van der Waals surface area contributed by atoms with E-state index in [4.69, 9.17) is 14.8 Å². The van der Waals surface area contributed by atoms with Gasteiger partial charge in [-0.2, -0.15) is 5.10 Å². The number of ether oxygens (including phenoxy) is 1. The number of nitrogens with one attached hydrogen (secondary N) is 1. The molecule has 4 heterocycles. The van der Waals surface area contributed by atoms with Crippen molar-refractivity contribution in [1.29, 1.82) is 0 Å². The number of allylic oxidation sites excluding steroid dienone is 5. The van der Waals surface area contributed by atoms with Crippen LogP contribution in [-0.4, -0.2) is 57.9 Å². The number of fused-ring (bicyclic) bond motifs is 2. The van der Waals surface area contributed by atoms with Crippen LogP contribution in [-0.2, 0) is 17.6 Å². The number of hydrazine groups is 1. The maximum absolute atomic E-state index is 5.63. The second-order valence-corrected chi connectivity index (χ2v) is 8.78. The summed E-state index contributed by atoms with van der Waals surface area (Å²) in [6.07, 6.45) is 22.8. The standard InChI is InChI=1S/C26H34N6O/c1-3-5-6-10-20(9-4-2)22-17-24-28-25(31-23-12-8-7-11-21(23)19-27-31)18-26(32(24)29-22)30-13-15-33-16-14-30/h4-6,9-10,17-19,22,29H,3,7-8,11-16H2,1-2H3/b6-5+,9-4-,20-10+. The first-order chi connectivity index (χ1) is 16.3. The molecule has 5 rings (SSSR count). The van der Waals surface area contributed by atoms with E-state index in [1.165, 1.54) is 29.7 Å². The van der Waals surface area contributed by atoms with E-state index in [1.54, 1.807) is 0 Å². The lowest BCUT2D eigenvalue weighted by atomic mass is 9.98. The van der Waals surface area contributed by atoms with Crippen LogP contribution in [0.4, 0.5) is 0 Å². The number of aliphatic imine (C=N–C) groups is 1. The lowest BCUT2D eigenvalue weighted by molar-refractivity contribution is 0.0365. The Balaban J connectivity index is 1.53. The monoisotopic (exact) mass is 446 g/mol. The Morgan fingerprint density at radius 2 is 2.09 bits per heavy atom. The molecule has 0 spiro atoms. The molecule has 1 aromatic rings.